The summed E-state index contributed by atoms with van der Waals surface area (Å²) in [6.07, 6.45) is 0. The van der Waals surface area contributed by atoms with E-state index in [1.54, 1.807) is 13.0 Å². The van der Waals surface area contributed by atoms with Gasteiger partial charge >= 0.3 is 11.9 Å². The molecule has 1 N–H and O–H groups in total. The first-order valence-corrected chi connectivity index (χ1v) is 7.74. The van der Waals surface area contributed by atoms with E-state index in [1.165, 1.54) is 0 Å². The second kappa shape index (κ2) is 5.91. The summed E-state index contributed by atoms with van der Waals surface area (Å²) in [6, 6.07) is 8.77. The van der Waals surface area contributed by atoms with Crippen LogP contribution in [0.1, 0.15) is 31.1 Å². The fraction of sp³-hybridized carbons (Fsp3) is 0.333. The van der Waals surface area contributed by atoms with Crippen molar-refractivity contribution in [1.82, 2.24) is 0 Å². The van der Waals surface area contributed by atoms with E-state index in [1.807, 2.05) is 38.1 Å². The van der Waals surface area contributed by atoms with Gasteiger partial charge in [-0.1, -0.05) is 38.1 Å². The summed E-state index contributed by atoms with van der Waals surface area (Å²) < 4.78 is 10.7. The monoisotopic (exact) mass is 313 g/mol. The van der Waals surface area contributed by atoms with Crippen molar-refractivity contribution in [2.45, 2.75) is 26.8 Å². The molecule has 1 atom stereocenters. The molecule has 5 nitrogen and oxygen atoms in total. The van der Waals surface area contributed by atoms with Gasteiger partial charge in [0.1, 0.15) is 6.04 Å². The zero-order valence-corrected chi connectivity index (χ0v) is 13.4. The van der Waals surface area contributed by atoms with Gasteiger partial charge in [-0.2, -0.15) is 0 Å². The average Bonchev–Trinajstić information content (AvgIpc) is 2.53. The maximum atomic E-state index is 12.3. The molecule has 0 spiro atoms. The van der Waals surface area contributed by atoms with Gasteiger partial charge in [0.05, 0.1) is 17.9 Å². The Morgan fingerprint density at radius 2 is 2.09 bits per heavy atom. The Balaban J connectivity index is 2.22. The number of ether oxygens (including phenoxy) is 2. The summed E-state index contributed by atoms with van der Waals surface area (Å²) in [5.41, 5.74) is 0.916. The van der Waals surface area contributed by atoms with Crippen LogP contribution in [-0.2, 0) is 9.53 Å². The van der Waals surface area contributed by atoms with E-state index in [-0.39, 0.29) is 18.5 Å². The van der Waals surface area contributed by atoms with Crippen LogP contribution in [0.15, 0.2) is 30.3 Å². The highest BCUT2D eigenvalue weighted by molar-refractivity contribution is 6.08. The van der Waals surface area contributed by atoms with Crippen molar-refractivity contribution in [2.75, 3.05) is 11.9 Å². The minimum absolute atomic E-state index is 0.0390. The number of rotatable bonds is 3. The molecule has 120 valence electrons. The molecule has 0 aliphatic carbocycles. The average molecular weight is 313 g/mol. The number of hydrogen-bond acceptors (Lipinski definition) is 5. The van der Waals surface area contributed by atoms with Crippen LogP contribution in [0, 0.1) is 5.92 Å². The second-order valence-corrected chi connectivity index (χ2v) is 5.86. The molecule has 2 aromatic carbocycles. The molecular formula is C18H19NO4. The minimum Gasteiger partial charge on any atom is -0.462 e. The highest BCUT2D eigenvalue weighted by atomic mass is 16.5. The van der Waals surface area contributed by atoms with Crippen molar-refractivity contribution in [3.63, 3.8) is 0 Å². The standard InChI is InChI=1S/C18H19NO4/c1-4-22-17(20)13-9-11-7-5-6-8-12(11)16-15(13)19-14(10(2)3)18(21)23-16/h5-10,14,19H,4H2,1-3H3/t14-/m0/s1. The SMILES string of the molecule is CCOC(=O)c1cc2ccccc2c2c1N[C@@H](C(C)C)C(=O)O2. The Kier molecular flexibility index (Phi) is 3.94. The van der Waals surface area contributed by atoms with E-state index in [2.05, 4.69) is 5.32 Å². The van der Waals surface area contributed by atoms with E-state index in [0.29, 0.717) is 17.0 Å². The van der Waals surface area contributed by atoms with E-state index in [9.17, 15) is 9.59 Å². The van der Waals surface area contributed by atoms with Crippen LogP contribution in [0.3, 0.4) is 0 Å². The molecule has 0 aromatic heterocycles. The summed E-state index contributed by atoms with van der Waals surface area (Å²) >= 11 is 0. The molecule has 0 bridgehead atoms. The molecule has 0 fully saturated rings. The lowest BCUT2D eigenvalue weighted by Crippen LogP contribution is -2.41. The van der Waals surface area contributed by atoms with E-state index >= 15 is 0 Å². The lowest BCUT2D eigenvalue weighted by molar-refractivity contribution is -0.136. The maximum absolute atomic E-state index is 12.3. The molecule has 23 heavy (non-hydrogen) atoms. The van der Waals surface area contributed by atoms with E-state index in [4.69, 9.17) is 9.47 Å². The summed E-state index contributed by atoms with van der Waals surface area (Å²) in [5, 5.41) is 4.79. The number of esters is 2. The number of carbonyl (C=O) groups excluding carboxylic acids is 2. The summed E-state index contributed by atoms with van der Waals surface area (Å²) in [6.45, 7) is 5.90. The fourth-order valence-corrected chi connectivity index (χ4v) is 2.75. The molecule has 0 saturated heterocycles. The summed E-state index contributed by atoms with van der Waals surface area (Å²) in [5.74, 6) is -0.327. The van der Waals surface area contributed by atoms with E-state index < -0.39 is 12.0 Å². The lowest BCUT2D eigenvalue weighted by Gasteiger charge is -2.30. The van der Waals surface area contributed by atoms with Crippen molar-refractivity contribution in [3.8, 4) is 5.75 Å². The van der Waals surface area contributed by atoms with Crippen LogP contribution >= 0.6 is 0 Å². The smallest absolute Gasteiger partial charge is 0.340 e. The zero-order chi connectivity index (χ0) is 16.6. The van der Waals surface area contributed by atoms with Crippen LogP contribution < -0.4 is 10.1 Å². The molecule has 1 heterocycles. The highest BCUT2D eigenvalue weighted by Gasteiger charge is 2.34. The number of hydrogen-bond donors (Lipinski definition) is 1. The topological polar surface area (TPSA) is 64.6 Å². The van der Waals surface area contributed by atoms with E-state index in [0.717, 1.165) is 10.8 Å². The molecule has 0 amide bonds. The predicted octanol–water partition coefficient (Wildman–Crippen LogP) is 3.37. The first-order valence-electron chi connectivity index (χ1n) is 7.74. The molecule has 5 heteroatoms. The number of anilines is 1. The van der Waals surface area contributed by atoms with Crippen molar-refractivity contribution in [2.24, 2.45) is 5.92 Å². The number of benzene rings is 2. The van der Waals surface area contributed by atoms with Crippen LogP contribution in [0.25, 0.3) is 10.8 Å². The van der Waals surface area contributed by atoms with Gasteiger partial charge in [-0.15, -0.1) is 0 Å². The number of carbonyl (C=O) groups is 2. The van der Waals surface area contributed by atoms with Crippen molar-refractivity contribution < 1.29 is 19.1 Å². The molecular weight excluding hydrogens is 294 g/mol. The van der Waals surface area contributed by atoms with Gasteiger partial charge in [-0.05, 0) is 24.3 Å². The molecule has 0 saturated carbocycles. The van der Waals surface area contributed by atoms with Gasteiger partial charge in [-0.3, -0.25) is 0 Å². The van der Waals surface area contributed by atoms with Crippen LogP contribution in [-0.4, -0.2) is 24.6 Å². The largest absolute Gasteiger partial charge is 0.462 e. The number of fused-ring (bicyclic) bond motifs is 3. The van der Waals surface area contributed by atoms with Gasteiger partial charge in [0.2, 0.25) is 0 Å². The van der Waals surface area contributed by atoms with Crippen molar-refractivity contribution in [1.29, 1.82) is 0 Å². The number of nitrogens with one attached hydrogen (secondary N) is 1. The molecule has 3 rings (SSSR count). The fourth-order valence-electron chi connectivity index (χ4n) is 2.75. The van der Waals surface area contributed by atoms with Crippen LogP contribution in [0.4, 0.5) is 5.69 Å². The second-order valence-electron chi connectivity index (χ2n) is 5.86. The summed E-state index contributed by atoms with van der Waals surface area (Å²) in [7, 11) is 0. The van der Waals surface area contributed by atoms with Gasteiger partial charge in [-0.25, -0.2) is 9.59 Å². The molecule has 0 unspecified atom stereocenters. The van der Waals surface area contributed by atoms with Gasteiger partial charge in [0.25, 0.3) is 0 Å². The Hall–Kier alpha value is -2.56. The predicted molar refractivity (Wildman–Crippen MR) is 87.8 cm³/mol. The first-order chi connectivity index (χ1) is 11.0. The molecule has 1 aliphatic heterocycles. The zero-order valence-electron chi connectivity index (χ0n) is 13.4. The summed E-state index contributed by atoms with van der Waals surface area (Å²) in [4.78, 5) is 24.6. The van der Waals surface area contributed by atoms with Crippen LogP contribution in [0.5, 0.6) is 5.75 Å². The minimum atomic E-state index is -0.489. The van der Waals surface area contributed by atoms with Gasteiger partial charge < -0.3 is 14.8 Å². The third kappa shape index (κ3) is 2.63. The Bertz CT molecular complexity index is 782. The molecule has 2 aromatic rings. The highest BCUT2D eigenvalue weighted by Crippen LogP contribution is 2.41. The van der Waals surface area contributed by atoms with Gasteiger partial charge in [0.15, 0.2) is 5.75 Å². The maximum Gasteiger partial charge on any atom is 0.340 e. The van der Waals surface area contributed by atoms with Crippen LogP contribution in [0.2, 0.25) is 0 Å². The molecule has 1 aliphatic rings. The molecule has 0 radical (unpaired) electrons. The Morgan fingerprint density at radius 3 is 2.78 bits per heavy atom. The third-order valence-electron chi connectivity index (χ3n) is 3.92. The Labute approximate surface area is 134 Å². The first kappa shape index (κ1) is 15.3. The lowest BCUT2D eigenvalue weighted by atomic mass is 9.98. The third-order valence-corrected chi connectivity index (χ3v) is 3.92. The quantitative estimate of drug-likeness (QED) is 0.695. The van der Waals surface area contributed by atoms with Gasteiger partial charge in [0, 0.05) is 5.39 Å². The Morgan fingerprint density at radius 1 is 1.35 bits per heavy atom. The van der Waals surface area contributed by atoms with Crippen molar-refractivity contribution >= 4 is 28.4 Å². The normalized spacial score (nSPS) is 16.7. The van der Waals surface area contributed by atoms with Crippen molar-refractivity contribution in [3.05, 3.63) is 35.9 Å².